The molecule has 24 heavy (non-hydrogen) atoms. The van der Waals surface area contributed by atoms with E-state index in [1.165, 1.54) is 18.6 Å². The molecule has 2 rings (SSSR count). The molecule has 0 aliphatic carbocycles. The van der Waals surface area contributed by atoms with Gasteiger partial charge in [0.1, 0.15) is 6.61 Å². The quantitative estimate of drug-likeness (QED) is 0.834. The molecule has 1 heterocycles. The van der Waals surface area contributed by atoms with Gasteiger partial charge in [-0.3, -0.25) is 4.90 Å². The molecular weight excluding hydrogens is 306 g/mol. The van der Waals surface area contributed by atoms with Crippen LogP contribution in [0.3, 0.4) is 0 Å². The third-order valence-electron chi connectivity index (χ3n) is 4.93. The summed E-state index contributed by atoms with van der Waals surface area (Å²) in [6.45, 7) is 9.88. The minimum absolute atomic E-state index is 0.0807. The smallest absolute Gasteiger partial charge is 0.338 e. The van der Waals surface area contributed by atoms with Crippen LogP contribution in [-0.2, 0) is 4.74 Å². The fourth-order valence-electron chi connectivity index (χ4n) is 3.74. The van der Waals surface area contributed by atoms with Crippen molar-refractivity contribution in [3.8, 4) is 0 Å². The molecule has 1 saturated heterocycles. The van der Waals surface area contributed by atoms with E-state index in [0.29, 0.717) is 13.2 Å². The molecule has 1 aromatic rings. The van der Waals surface area contributed by atoms with Crippen molar-refractivity contribution in [3.63, 3.8) is 0 Å². The van der Waals surface area contributed by atoms with Gasteiger partial charge in [0, 0.05) is 17.6 Å². The van der Waals surface area contributed by atoms with Crippen LogP contribution in [-0.4, -0.2) is 46.2 Å². The number of carboxylic acids is 1. The molecule has 0 aromatic heterocycles. The van der Waals surface area contributed by atoms with Gasteiger partial charge in [-0.2, -0.15) is 0 Å². The minimum atomic E-state index is -1.05. The average molecular weight is 333 g/mol. The summed E-state index contributed by atoms with van der Waals surface area (Å²) < 4.78 is 5.38. The lowest BCUT2D eigenvalue weighted by molar-refractivity contribution is -0.0402. The van der Waals surface area contributed by atoms with Crippen LogP contribution in [0.5, 0.6) is 0 Å². The maximum Gasteiger partial charge on any atom is 0.338 e. The Balaban J connectivity index is 1.97. The normalized spacial score (nSPS) is 19.7. The van der Waals surface area contributed by atoms with Gasteiger partial charge < -0.3 is 9.84 Å². The van der Waals surface area contributed by atoms with E-state index >= 15 is 0 Å². The molecule has 5 nitrogen and oxygen atoms in total. The summed E-state index contributed by atoms with van der Waals surface area (Å²) in [4.78, 5) is 25.5. The summed E-state index contributed by atoms with van der Waals surface area (Å²) in [6, 6.07) is 5.93. The summed E-state index contributed by atoms with van der Waals surface area (Å²) in [5.74, 6) is -1.54. The topological polar surface area (TPSA) is 66.8 Å². The van der Waals surface area contributed by atoms with Crippen LogP contribution in [0, 0.1) is 0 Å². The second-order valence-electron chi connectivity index (χ2n) is 7.65. The first-order valence-electron chi connectivity index (χ1n) is 8.42. The molecule has 132 valence electrons. The predicted molar refractivity (Wildman–Crippen MR) is 92.4 cm³/mol. The monoisotopic (exact) mass is 333 g/mol. The van der Waals surface area contributed by atoms with Crippen LogP contribution in [0.15, 0.2) is 24.3 Å². The molecule has 1 N–H and O–H groups in total. The van der Waals surface area contributed by atoms with E-state index in [1.54, 1.807) is 12.1 Å². The number of piperidine rings is 1. The first kappa shape index (κ1) is 18.5. The van der Waals surface area contributed by atoms with Crippen LogP contribution in [0.2, 0.25) is 0 Å². The van der Waals surface area contributed by atoms with Gasteiger partial charge in [-0.05, 0) is 65.2 Å². The van der Waals surface area contributed by atoms with Gasteiger partial charge >= 0.3 is 11.9 Å². The predicted octanol–water partition coefficient (Wildman–Crippen LogP) is 3.58. The summed E-state index contributed by atoms with van der Waals surface area (Å²) >= 11 is 0. The Morgan fingerprint density at radius 3 is 2.29 bits per heavy atom. The molecule has 1 aliphatic heterocycles. The van der Waals surface area contributed by atoms with Gasteiger partial charge in [-0.1, -0.05) is 6.07 Å². The Morgan fingerprint density at radius 1 is 1.12 bits per heavy atom. The van der Waals surface area contributed by atoms with Crippen molar-refractivity contribution in [1.82, 2.24) is 4.90 Å². The van der Waals surface area contributed by atoms with E-state index in [9.17, 15) is 9.59 Å². The molecule has 0 spiro atoms. The number of carbonyl (C=O) groups excluding carboxylic acids is 1. The lowest BCUT2D eigenvalue weighted by Crippen LogP contribution is -2.59. The zero-order chi connectivity index (χ0) is 18.0. The zero-order valence-electron chi connectivity index (χ0n) is 15.0. The van der Waals surface area contributed by atoms with Gasteiger partial charge in [-0.15, -0.1) is 0 Å². The number of benzene rings is 1. The van der Waals surface area contributed by atoms with E-state index in [0.717, 1.165) is 12.8 Å². The Hall–Kier alpha value is -1.88. The maximum atomic E-state index is 12.2. The highest BCUT2D eigenvalue weighted by Crippen LogP contribution is 2.37. The van der Waals surface area contributed by atoms with Gasteiger partial charge in [0.2, 0.25) is 0 Å². The molecule has 0 bridgehead atoms. The van der Waals surface area contributed by atoms with Gasteiger partial charge in [-0.25, -0.2) is 9.59 Å². The molecule has 0 amide bonds. The van der Waals surface area contributed by atoms with Gasteiger partial charge in [0.25, 0.3) is 0 Å². The zero-order valence-corrected chi connectivity index (χ0v) is 15.0. The van der Waals surface area contributed by atoms with Crippen molar-refractivity contribution in [2.24, 2.45) is 0 Å². The molecule has 5 heteroatoms. The Labute approximate surface area is 143 Å². The number of rotatable bonds is 5. The molecule has 1 aromatic carbocycles. The summed E-state index contributed by atoms with van der Waals surface area (Å²) in [5, 5.41) is 8.99. The Morgan fingerprint density at radius 2 is 1.71 bits per heavy atom. The van der Waals surface area contributed by atoms with Crippen LogP contribution >= 0.6 is 0 Å². The number of hydrogen-bond acceptors (Lipinski definition) is 4. The molecule has 0 atom stereocenters. The fraction of sp³-hybridized carbons (Fsp3) is 0.579. The minimum Gasteiger partial charge on any atom is -0.478 e. The molecular formula is C19H27NO4. The summed E-state index contributed by atoms with van der Waals surface area (Å²) in [6.07, 6.45) is 3.47. The lowest BCUT2D eigenvalue weighted by atomic mass is 9.80. The largest absolute Gasteiger partial charge is 0.478 e. The number of likely N-dealkylation sites (tertiary alicyclic amines) is 1. The van der Waals surface area contributed by atoms with E-state index < -0.39 is 11.9 Å². The first-order chi connectivity index (χ1) is 11.1. The number of carbonyl (C=O) groups is 2. The number of aromatic carboxylic acids is 1. The van der Waals surface area contributed by atoms with Crippen LogP contribution in [0.1, 0.15) is 67.7 Å². The maximum absolute atomic E-state index is 12.2. The first-order valence-corrected chi connectivity index (χ1v) is 8.42. The molecule has 0 radical (unpaired) electrons. The molecule has 1 fully saturated rings. The molecule has 0 unspecified atom stereocenters. The van der Waals surface area contributed by atoms with Crippen LogP contribution < -0.4 is 0 Å². The number of hydrogen-bond donors (Lipinski definition) is 1. The van der Waals surface area contributed by atoms with Gasteiger partial charge in [0.15, 0.2) is 0 Å². The third-order valence-corrected chi connectivity index (χ3v) is 4.93. The SMILES string of the molecule is CC1(C)CCCC(C)(C)N1CCOC(=O)c1cccc(C(=O)O)c1. The Bertz CT molecular complexity index is 606. The highest BCUT2D eigenvalue weighted by atomic mass is 16.5. The Kier molecular flexibility index (Phi) is 5.33. The third kappa shape index (κ3) is 4.15. The van der Waals surface area contributed by atoms with E-state index in [-0.39, 0.29) is 22.2 Å². The van der Waals surface area contributed by atoms with Crippen molar-refractivity contribution >= 4 is 11.9 Å². The lowest BCUT2D eigenvalue weighted by Gasteiger charge is -2.52. The summed E-state index contributed by atoms with van der Waals surface area (Å²) in [5.41, 5.74) is 0.518. The average Bonchev–Trinajstić information content (AvgIpc) is 2.49. The van der Waals surface area contributed by atoms with Crippen LogP contribution in [0.4, 0.5) is 0 Å². The number of carboxylic acid groups (broad SMARTS) is 1. The van der Waals surface area contributed by atoms with E-state index in [1.807, 2.05) is 0 Å². The highest BCUT2D eigenvalue weighted by Gasteiger charge is 2.40. The second-order valence-corrected chi connectivity index (χ2v) is 7.65. The standard InChI is InChI=1S/C19H27NO4/c1-18(2)9-6-10-19(3,4)20(18)11-12-24-17(23)15-8-5-7-14(13-15)16(21)22/h5,7-8,13H,6,9-12H2,1-4H3,(H,21,22). The highest BCUT2D eigenvalue weighted by molar-refractivity contribution is 5.94. The summed E-state index contributed by atoms with van der Waals surface area (Å²) in [7, 11) is 0. The van der Waals surface area contributed by atoms with Crippen molar-refractivity contribution in [1.29, 1.82) is 0 Å². The van der Waals surface area contributed by atoms with Crippen molar-refractivity contribution in [2.75, 3.05) is 13.2 Å². The van der Waals surface area contributed by atoms with Crippen molar-refractivity contribution in [2.45, 2.75) is 58.0 Å². The van der Waals surface area contributed by atoms with Crippen LogP contribution in [0.25, 0.3) is 0 Å². The fourth-order valence-corrected chi connectivity index (χ4v) is 3.74. The van der Waals surface area contributed by atoms with Crippen molar-refractivity contribution < 1.29 is 19.4 Å². The van der Waals surface area contributed by atoms with Gasteiger partial charge in [0.05, 0.1) is 11.1 Å². The number of ether oxygens (including phenoxy) is 1. The molecule has 0 saturated carbocycles. The number of nitrogens with zero attached hydrogens (tertiary/aromatic N) is 1. The second kappa shape index (κ2) is 6.93. The molecule has 1 aliphatic rings. The number of esters is 1. The van der Waals surface area contributed by atoms with E-state index in [2.05, 4.69) is 32.6 Å². The van der Waals surface area contributed by atoms with Crippen molar-refractivity contribution in [3.05, 3.63) is 35.4 Å². The van der Waals surface area contributed by atoms with E-state index in [4.69, 9.17) is 9.84 Å².